The van der Waals surface area contributed by atoms with Crippen LogP contribution >= 0.6 is 11.6 Å². The molecule has 0 saturated heterocycles. The maximum Gasteiger partial charge on any atom is 0.430 e. The first-order chi connectivity index (χ1) is 19.2. The highest BCUT2D eigenvalue weighted by Gasteiger charge is 2.71. The van der Waals surface area contributed by atoms with Crippen LogP contribution in [-0.2, 0) is 22.0 Å². The molecule has 1 aliphatic rings. The van der Waals surface area contributed by atoms with Crippen LogP contribution in [0.3, 0.4) is 0 Å². The van der Waals surface area contributed by atoms with Crippen molar-refractivity contribution in [2.24, 2.45) is 5.92 Å². The van der Waals surface area contributed by atoms with Crippen LogP contribution in [0, 0.1) is 5.92 Å². The molecule has 0 radical (unpaired) electrons. The van der Waals surface area contributed by atoms with Crippen LogP contribution in [0.15, 0.2) is 18.2 Å². The Morgan fingerprint density at radius 3 is 2.19 bits per heavy atom. The predicted molar refractivity (Wildman–Crippen MR) is 134 cm³/mol. The monoisotopic (exact) mass is 655 g/mol. The number of hydrogen-bond donors (Lipinski definition) is 2. The number of hydrogen-bond acceptors (Lipinski definition) is 6. The molecule has 2 aromatic rings. The molecule has 2 N–H and O–H groups in total. The normalized spacial score (nSPS) is 18.8. The second kappa shape index (κ2) is 12.1. The third-order valence-electron chi connectivity index (χ3n) is 7.05. The molecule has 0 spiro atoms. The van der Waals surface area contributed by atoms with Crippen LogP contribution in [0.5, 0.6) is 5.75 Å². The summed E-state index contributed by atoms with van der Waals surface area (Å²) >= 11 is 6.35. The third kappa shape index (κ3) is 6.77. The number of rotatable bonds is 9. The van der Waals surface area contributed by atoms with Crippen LogP contribution in [0.4, 0.5) is 35.1 Å². The molecular formula is C24H26ClF8N3O5S. The fraction of sp³-hybridized carbons (Fsp3) is 0.583. The van der Waals surface area contributed by atoms with E-state index in [0.29, 0.717) is 31.7 Å². The topological polar surface area (TPSA) is 111 Å². The van der Waals surface area contributed by atoms with E-state index in [2.05, 4.69) is 15.2 Å². The van der Waals surface area contributed by atoms with E-state index < -0.39 is 73.2 Å². The lowest BCUT2D eigenvalue weighted by Crippen LogP contribution is -2.53. The van der Waals surface area contributed by atoms with Crippen LogP contribution in [0.2, 0.25) is 5.02 Å². The number of nitrogens with zero attached hydrogens (tertiary/aromatic N) is 2. The molecule has 1 heterocycles. The zero-order chi connectivity index (χ0) is 31.8. The molecule has 236 valence electrons. The van der Waals surface area contributed by atoms with E-state index in [0.717, 1.165) is 10.9 Å². The quantitative estimate of drug-likeness (QED) is 0.347. The van der Waals surface area contributed by atoms with Gasteiger partial charge in [0.25, 0.3) is 11.5 Å². The molecule has 8 nitrogen and oxygen atoms in total. The van der Waals surface area contributed by atoms with Crippen molar-refractivity contribution in [3.05, 3.63) is 34.5 Å². The largest absolute Gasteiger partial charge is 0.434 e. The first-order valence-electron chi connectivity index (χ1n) is 12.4. The Morgan fingerprint density at radius 1 is 1.14 bits per heavy atom. The second-order valence-electron chi connectivity index (χ2n) is 9.80. The molecule has 1 amide bonds. The number of carbonyl (C=O) groups is 1. The van der Waals surface area contributed by atoms with Gasteiger partial charge in [-0.25, -0.2) is 8.42 Å². The summed E-state index contributed by atoms with van der Waals surface area (Å²) in [4.78, 5) is 12.9. The Labute approximate surface area is 239 Å². The predicted octanol–water partition coefficient (Wildman–Crippen LogP) is 5.47. The Kier molecular flexibility index (Phi) is 9.79. The first kappa shape index (κ1) is 33.8. The number of ether oxygens (including phenoxy) is 1. The van der Waals surface area contributed by atoms with Crippen molar-refractivity contribution in [2.45, 2.75) is 69.0 Å². The van der Waals surface area contributed by atoms with Crippen molar-refractivity contribution in [1.29, 1.82) is 0 Å². The van der Waals surface area contributed by atoms with Gasteiger partial charge in [-0.1, -0.05) is 17.7 Å². The molecule has 1 aromatic carbocycles. The molecule has 18 heteroatoms. The van der Waals surface area contributed by atoms with Crippen LogP contribution in [0.1, 0.15) is 48.7 Å². The zero-order valence-corrected chi connectivity index (χ0v) is 23.6. The summed E-state index contributed by atoms with van der Waals surface area (Å²) in [6, 6.07) is 0.759. The van der Waals surface area contributed by atoms with Gasteiger partial charge in [-0.2, -0.15) is 40.2 Å². The van der Waals surface area contributed by atoms with Gasteiger partial charge in [-0.3, -0.25) is 9.48 Å². The molecule has 0 atom stereocenters. The van der Waals surface area contributed by atoms with Crippen molar-refractivity contribution in [3.8, 4) is 17.0 Å². The van der Waals surface area contributed by atoms with Gasteiger partial charge < -0.3 is 15.2 Å². The number of benzene rings is 1. The zero-order valence-electron chi connectivity index (χ0n) is 22.0. The number of halogens is 9. The number of aryl methyl sites for hydroxylation is 1. The summed E-state index contributed by atoms with van der Waals surface area (Å²) in [5.74, 6) is -2.06. The lowest BCUT2D eigenvalue weighted by atomic mass is 9.89. The summed E-state index contributed by atoms with van der Waals surface area (Å²) in [6.07, 6.45) is -9.56. The van der Waals surface area contributed by atoms with Gasteiger partial charge in [0.05, 0.1) is 16.0 Å². The Bertz CT molecular complexity index is 1390. The van der Waals surface area contributed by atoms with Gasteiger partial charge in [-0.15, -0.1) is 0 Å². The molecule has 1 fully saturated rings. The fourth-order valence-electron chi connectivity index (χ4n) is 4.78. The van der Waals surface area contributed by atoms with Crippen molar-refractivity contribution in [3.63, 3.8) is 0 Å². The van der Waals surface area contributed by atoms with Crippen LogP contribution in [-0.4, -0.2) is 66.2 Å². The third-order valence-corrected chi connectivity index (χ3v) is 9.09. The van der Waals surface area contributed by atoms with E-state index in [9.17, 15) is 53.4 Å². The molecule has 0 unspecified atom stereocenters. The number of sulfone groups is 1. The Hall–Kier alpha value is -2.66. The van der Waals surface area contributed by atoms with Gasteiger partial charge in [-0.05, 0) is 50.7 Å². The van der Waals surface area contributed by atoms with E-state index in [4.69, 9.17) is 11.6 Å². The number of amides is 1. The molecular weight excluding hydrogens is 630 g/mol. The number of alkyl halides is 8. The Morgan fingerprint density at radius 2 is 1.71 bits per heavy atom. The van der Waals surface area contributed by atoms with E-state index in [1.165, 1.54) is 6.92 Å². The van der Waals surface area contributed by atoms with Gasteiger partial charge in [0.15, 0.2) is 5.69 Å². The highest BCUT2D eigenvalue weighted by molar-refractivity contribution is 7.91. The standard InChI is InChI=1S/C24H26ClF8N3O5S/c1-3-36-19(17(25)18(35-36)20(37)34-11-12-4-7-14(8-5-12)42(2,39)40)15-9-6-13(10-16(15)41-21(26)27)22(38,23(28,29)30)24(31,32)33/h6,9-10,12,14,21,38H,3-5,7-8,11H2,1-2H3,(H,34,37). The van der Waals surface area contributed by atoms with Gasteiger partial charge >= 0.3 is 19.0 Å². The molecule has 0 bridgehead atoms. The average molecular weight is 656 g/mol. The Balaban J connectivity index is 1.97. The minimum atomic E-state index is -6.28. The van der Waals surface area contributed by atoms with Crippen molar-refractivity contribution < 1.29 is 58.2 Å². The molecule has 42 heavy (non-hydrogen) atoms. The van der Waals surface area contributed by atoms with Gasteiger partial charge in [0.1, 0.15) is 15.6 Å². The maximum absolute atomic E-state index is 13.4. The minimum absolute atomic E-state index is 0.0294. The summed E-state index contributed by atoms with van der Waals surface area (Å²) < 4.78 is 135. The SMILES string of the molecule is CCn1nc(C(=O)NCC2CCC(S(C)(=O)=O)CC2)c(Cl)c1-c1ccc(C(O)(C(F)(F)F)C(F)(F)F)cc1OC(F)F. The van der Waals surface area contributed by atoms with E-state index in [1.54, 1.807) is 0 Å². The van der Waals surface area contributed by atoms with Gasteiger partial charge in [0.2, 0.25) is 0 Å². The number of aliphatic hydroxyl groups is 1. The summed E-state index contributed by atoms with van der Waals surface area (Å²) in [5, 5.41) is 15.4. The summed E-state index contributed by atoms with van der Waals surface area (Å²) in [7, 11) is -3.20. The molecule has 1 aromatic heterocycles. The molecule has 3 rings (SSSR count). The smallest absolute Gasteiger partial charge is 0.430 e. The van der Waals surface area contributed by atoms with Crippen molar-refractivity contribution in [2.75, 3.05) is 12.8 Å². The number of aromatic nitrogens is 2. The van der Waals surface area contributed by atoms with Gasteiger partial charge in [0, 0.05) is 30.5 Å². The lowest BCUT2D eigenvalue weighted by molar-refractivity contribution is -0.376. The molecule has 0 aliphatic heterocycles. The fourth-order valence-corrected chi connectivity index (χ4v) is 6.23. The highest BCUT2D eigenvalue weighted by atomic mass is 35.5. The van der Waals surface area contributed by atoms with E-state index in [-0.39, 0.29) is 36.8 Å². The molecule has 1 saturated carbocycles. The number of nitrogens with one attached hydrogen (secondary N) is 1. The summed E-state index contributed by atoms with van der Waals surface area (Å²) in [6.45, 7) is -2.16. The summed E-state index contributed by atoms with van der Waals surface area (Å²) in [5.41, 5.74) is -8.51. The number of carbonyl (C=O) groups excluding carboxylic acids is 1. The maximum atomic E-state index is 13.4. The van der Waals surface area contributed by atoms with E-state index in [1.807, 2.05) is 0 Å². The lowest BCUT2D eigenvalue weighted by Gasteiger charge is -2.33. The van der Waals surface area contributed by atoms with Crippen molar-refractivity contribution in [1.82, 2.24) is 15.1 Å². The van der Waals surface area contributed by atoms with Crippen LogP contribution in [0.25, 0.3) is 11.3 Å². The first-order valence-corrected chi connectivity index (χ1v) is 14.7. The minimum Gasteiger partial charge on any atom is -0.434 e. The highest BCUT2D eigenvalue weighted by Crippen LogP contribution is 2.51. The second-order valence-corrected chi connectivity index (χ2v) is 12.5. The molecule has 1 aliphatic carbocycles. The van der Waals surface area contributed by atoms with Crippen LogP contribution < -0.4 is 10.1 Å². The van der Waals surface area contributed by atoms with Crippen molar-refractivity contribution >= 4 is 27.3 Å². The van der Waals surface area contributed by atoms with E-state index >= 15 is 0 Å². The average Bonchev–Trinajstić information content (AvgIpc) is 3.20.